The molecule has 0 aliphatic heterocycles. The number of amides is 1. The van der Waals surface area contributed by atoms with Crippen molar-refractivity contribution in [3.05, 3.63) is 64.9 Å². The third-order valence-electron chi connectivity index (χ3n) is 2.89. The Hall–Kier alpha value is -2.38. The van der Waals surface area contributed by atoms with E-state index in [2.05, 4.69) is 5.32 Å². The molecule has 106 valence electrons. The Morgan fingerprint density at radius 1 is 1.29 bits per heavy atom. The molecule has 1 unspecified atom stereocenters. The molecule has 5 heteroatoms. The highest BCUT2D eigenvalue weighted by atomic mass is 35.5. The molecule has 1 amide bonds. The number of rotatable bonds is 4. The normalized spacial score (nSPS) is 11.5. The minimum absolute atomic E-state index is 0.182. The summed E-state index contributed by atoms with van der Waals surface area (Å²) in [5, 5.41) is 11.8. The fourth-order valence-electron chi connectivity index (χ4n) is 1.90. The van der Waals surface area contributed by atoms with E-state index in [9.17, 15) is 9.18 Å². The lowest BCUT2D eigenvalue weighted by Crippen LogP contribution is -2.23. The van der Waals surface area contributed by atoms with Crippen molar-refractivity contribution < 1.29 is 9.18 Å². The van der Waals surface area contributed by atoms with Crippen LogP contribution in [0.25, 0.3) is 0 Å². The van der Waals surface area contributed by atoms with Crippen LogP contribution in [0.3, 0.4) is 0 Å². The maximum Gasteiger partial charge on any atom is 0.242 e. The number of carbonyl (C=O) groups is 1. The summed E-state index contributed by atoms with van der Waals surface area (Å²) in [6, 6.07) is 14.9. The highest BCUT2D eigenvalue weighted by molar-refractivity contribution is 6.30. The Balaban J connectivity index is 2.08. The van der Waals surface area contributed by atoms with Crippen molar-refractivity contribution in [3.8, 4) is 6.07 Å². The van der Waals surface area contributed by atoms with Gasteiger partial charge in [0, 0.05) is 10.7 Å². The van der Waals surface area contributed by atoms with Crippen molar-refractivity contribution in [1.82, 2.24) is 0 Å². The van der Waals surface area contributed by atoms with E-state index in [1.807, 2.05) is 36.4 Å². The summed E-state index contributed by atoms with van der Waals surface area (Å²) in [5.41, 5.74) is 1.12. The van der Waals surface area contributed by atoms with Crippen LogP contribution in [-0.4, -0.2) is 5.91 Å². The van der Waals surface area contributed by atoms with Crippen LogP contribution >= 0.6 is 11.6 Å². The van der Waals surface area contributed by atoms with E-state index in [4.69, 9.17) is 16.9 Å². The van der Waals surface area contributed by atoms with Crippen molar-refractivity contribution in [1.29, 1.82) is 5.26 Å². The highest BCUT2D eigenvalue weighted by Crippen LogP contribution is 2.19. The van der Waals surface area contributed by atoms with Gasteiger partial charge in [-0.05, 0) is 30.2 Å². The standard InChI is InChI=1S/C16H12ClFN2O/c17-13-7-14(18)9-15(8-13)20-16(21)12(10-19)6-11-4-2-1-3-5-11/h1-5,7-9,12H,6H2,(H,20,21). The molecule has 0 aliphatic rings. The quantitative estimate of drug-likeness (QED) is 0.934. The lowest BCUT2D eigenvalue weighted by Gasteiger charge is -2.11. The summed E-state index contributed by atoms with van der Waals surface area (Å²) < 4.78 is 13.2. The monoisotopic (exact) mass is 302 g/mol. The second kappa shape index (κ2) is 6.87. The summed E-state index contributed by atoms with van der Waals surface area (Å²) in [6.45, 7) is 0. The first kappa shape index (κ1) is 15.0. The molecular weight excluding hydrogens is 291 g/mol. The van der Waals surface area contributed by atoms with Crippen LogP contribution in [0.4, 0.5) is 10.1 Å². The minimum Gasteiger partial charge on any atom is -0.325 e. The number of carbonyl (C=O) groups excluding carboxylic acids is 1. The zero-order valence-electron chi connectivity index (χ0n) is 11.0. The highest BCUT2D eigenvalue weighted by Gasteiger charge is 2.18. The maximum absolute atomic E-state index is 13.2. The predicted octanol–water partition coefficient (Wildman–Crippen LogP) is 3.80. The summed E-state index contributed by atoms with van der Waals surface area (Å²) >= 11 is 5.72. The van der Waals surface area contributed by atoms with Gasteiger partial charge in [-0.2, -0.15) is 5.26 Å². The van der Waals surface area contributed by atoms with E-state index in [0.29, 0.717) is 6.42 Å². The number of anilines is 1. The van der Waals surface area contributed by atoms with Crippen molar-refractivity contribution in [2.45, 2.75) is 6.42 Å². The van der Waals surface area contributed by atoms with E-state index in [1.54, 1.807) is 0 Å². The van der Waals surface area contributed by atoms with Crippen molar-refractivity contribution in [3.63, 3.8) is 0 Å². The van der Waals surface area contributed by atoms with Gasteiger partial charge in [-0.15, -0.1) is 0 Å². The van der Waals surface area contributed by atoms with Gasteiger partial charge in [0.15, 0.2) is 0 Å². The van der Waals surface area contributed by atoms with Crippen LogP contribution < -0.4 is 5.32 Å². The number of hydrogen-bond acceptors (Lipinski definition) is 2. The molecule has 0 bridgehead atoms. The van der Waals surface area contributed by atoms with E-state index < -0.39 is 17.6 Å². The number of nitriles is 1. The Bertz CT molecular complexity index is 662. The second-order valence-electron chi connectivity index (χ2n) is 4.52. The van der Waals surface area contributed by atoms with Gasteiger partial charge in [-0.3, -0.25) is 4.79 Å². The molecule has 21 heavy (non-hydrogen) atoms. The minimum atomic E-state index is -0.852. The van der Waals surface area contributed by atoms with Crippen molar-refractivity contribution >= 4 is 23.2 Å². The first-order valence-corrected chi connectivity index (χ1v) is 6.67. The first-order chi connectivity index (χ1) is 10.1. The molecule has 2 aromatic rings. The topological polar surface area (TPSA) is 52.9 Å². The van der Waals surface area contributed by atoms with Gasteiger partial charge in [-0.1, -0.05) is 41.9 Å². The zero-order valence-corrected chi connectivity index (χ0v) is 11.8. The number of hydrogen-bond donors (Lipinski definition) is 1. The van der Waals surface area contributed by atoms with Gasteiger partial charge in [0.2, 0.25) is 5.91 Å². The summed E-state index contributed by atoms with van der Waals surface area (Å²) in [4.78, 5) is 12.1. The Labute approximate surface area is 127 Å². The molecule has 0 heterocycles. The van der Waals surface area contributed by atoms with E-state index in [0.717, 1.165) is 17.7 Å². The molecule has 0 aliphatic carbocycles. The Morgan fingerprint density at radius 2 is 2.00 bits per heavy atom. The van der Waals surface area contributed by atoms with Crippen LogP contribution in [-0.2, 0) is 11.2 Å². The Kier molecular flexibility index (Phi) is 4.91. The molecular formula is C16H12ClFN2O. The second-order valence-corrected chi connectivity index (χ2v) is 4.96. The number of nitrogens with one attached hydrogen (secondary N) is 1. The van der Waals surface area contributed by atoms with Crippen LogP contribution in [0, 0.1) is 23.1 Å². The molecule has 3 nitrogen and oxygen atoms in total. The van der Waals surface area contributed by atoms with E-state index in [1.165, 1.54) is 6.07 Å². The van der Waals surface area contributed by atoms with Crippen LogP contribution in [0.1, 0.15) is 5.56 Å². The number of benzene rings is 2. The molecule has 0 radical (unpaired) electrons. The van der Waals surface area contributed by atoms with Gasteiger partial charge in [0.1, 0.15) is 11.7 Å². The van der Waals surface area contributed by atoms with Gasteiger partial charge < -0.3 is 5.32 Å². The maximum atomic E-state index is 13.2. The summed E-state index contributed by atoms with van der Waals surface area (Å²) in [6.07, 6.45) is 0.298. The van der Waals surface area contributed by atoms with E-state index >= 15 is 0 Å². The van der Waals surface area contributed by atoms with Crippen molar-refractivity contribution in [2.24, 2.45) is 5.92 Å². The summed E-state index contributed by atoms with van der Waals surface area (Å²) in [5.74, 6) is -1.88. The molecule has 1 atom stereocenters. The molecule has 0 fully saturated rings. The zero-order chi connectivity index (χ0) is 15.2. The number of halogens is 2. The fourth-order valence-corrected chi connectivity index (χ4v) is 2.12. The molecule has 0 aromatic heterocycles. The van der Waals surface area contributed by atoms with Gasteiger partial charge in [-0.25, -0.2) is 4.39 Å². The molecule has 1 N–H and O–H groups in total. The lowest BCUT2D eigenvalue weighted by molar-refractivity contribution is -0.118. The first-order valence-electron chi connectivity index (χ1n) is 6.29. The third kappa shape index (κ3) is 4.30. The van der Waals surface area contributed by atoms with Gasteiger partial charge in [0.25, 0.3) is 0 Å². The van der Waals surface area contributed by atoms with Crippen molar-refractivity contribution in [2.75, 3.05) is 5.32 Å². The average molecular weight is 303 g/mol. The predicted molar refractivity (Wildman–Crippen MR) is 79.3 cm³/mol. The smallest absolute Gasteiger partial charge is 0.242 e. The summed E-state index contributed by atoms with van der Waals surface area (Å²) in [7, 11) is 0. The third-order valence-corrected chi connectivity index (χ3v) is 3.10. The molecule has 0 spiro atoms. The fraction of sp³-hybridized carbons (Fsp3) is 0.125. The lowest BCUT2D eigenvalue weighted by atomic mass is 10.00. The largest absolute Gasteiger partial charge is 0.325 e. The SMILES string of the molecule is N#CC(Cc1ccccc1)C(=O)Nc1cc(F)cc(Cl)c1. The molecule has 0 saturated heterocycles. The molecule has 0 saturated carbocycles. The van der Waals surface area contributed by atoms with E-state index in [-0.39, 0.29) is 10.7 Å². The van der Waals surface area contributed by atoms with Crippen LogP contribution in [0.5, 0.6) is 0 Å². The number of nitrogens with zero attached hydrogens (tertiary/aromatic N) is 1. The average Bonchev–Trinajstić information content (AvgIpc) is 2.44. The molecule has 2 rings (SSSR count). The van der Waals surface area contributed by atoms with Gasteiger partial charge >= 0.3 is 0 Å². The van der Waals surface area contributed by atoms with Crippen LogP contribution in [0.15, 0.2) is 48.5 Å². The van der Waals surface area contributed by atoms with Gasteiger partial charge in [0.05, 0.1) is 6.07 Å². The van der Waals surface area contributed by atoms with Crippen LogP contribution in [0.2, 0.25) is 5.02 Å². The molecule has 2 aromatic carbocycles. The Morgan fingerprint density at radius 3 is 2.62 bits per heavy atom.